The lowest BCUT2D eigenvalue weighted by Crippen LogP contribution is -2.34. The molecule has 26 heavy (non-hydrogen) atoms. The summed E-state index contributed by atoms with van der Waals surface area (Å²) in [4.78, 5) is 14.5. The fourth-order valence-electron chi connectivity index (χ4n) is 3.11. The maximum atomic E-state index is 12.8. The molecule has 3 aromatic carbocycles. The summed E-state index contributed by atoms with van der Waals surface area (Å²) in [6.45, 7) is 2.69. The van der Waals surface area contributed by atoms with Gasteiger partial charge in [-0.05, 0) is 30.5 Å². The Kier molecular flexibility index (Phi) is 4.35. The average Bonchev–Trinajstić information content (AvgIpc) is 3.15. The fraction of sp³-hybridized carbons (Fsp3) is 0.190. The highest BCUT2D eigenvalue weighted by molar-refractivity contribution is 6.04. The quantitative estimate of drug-likeness (QED) is 0.698. The van der Waals surface area contributed by atoms with Crippen LogP contribution < -0.4 is 19.1 Å². The van der Waals surface area contributed by atoms with Crippen LogP contribution in [0.1, 0.15) is 6.92 Å². The van der Waals surface area contributed by atoms with Crippen molar-refractivity contribution in [2.24, 2.45) is 0 Å². The van der Waals surface area contributed by atoms with E-state index in [1.54, 1.807) is 23.1 Å². The zero-order valence-electron chi connectivity index (χ0n) is 14.5. The van der Waals surface area contributed by atoms with E-state index in [0.29, 0.717) is 23.8 Å². The van der Waals surface area contributed by atoms with Crippen molar-refractivity contribution in [3.8, 4) is 17.2 Å². The van der Waals surface area contributed by atoms with Crippen molar-refractivity contribution in [2.45, 2.75) is 6.92 Å². The Bertz CT molecular complexity index is 948. The summed E-state index contributed by atoms with van der Waals surface area (Å²) in [7, 11) is 0. The Labute approximate surface area is 151 Å². The lowest BCUT2D eigenvalue weighted by Gasteiger charge is -2.23. The van der Waals surface area contributed by atoms with E-state index in [4.69, 9.17) is 14.2 Å². The SMILES string of the molecule is CCN(C(=O)COc1ccc2c(c1)OCO2)c1cccc2ccccc12. The number of rotatable bonds is 5. The second-order valence-electron chi connectivity index (χ2n) is 5.94. The predicted octanol–water partition coefficient (Wildman–Crippen LogP) is 4.00. The molecule has 0 aliphatic carbocycles. The van der Waals surface area contributed by atoms with E-state index in [-0.39, 0.29) is 19.3 Å². The van der Waals surface area contributed by atoms with E-state index in [2.05, 4.69) is 0 Å². The van der Waals surface area contributed by atoms with Gasteiger partial charge in [-0.1, -0.05) is 36.4 Å². The first kappa shape index (κ1) is 16.3. The van der Waals surface area contributed by atoms with Crippen molar-refractivity contribution in [2.75, 3.05) is 24.8 Å². The number of amides is 1. The van der Waals surface area contributed by atoms with Crippen LogP contribution in [0.4, 0.5) is 5.69 Å². The van der Waals surface area contributed by atoms with Gasteiger partial charge in [-0.15, -0.1) is 0 Å². The second-order valence-corrected chi connectivity index (χ2v) is 5.94. The van der Waals surface area contributed by atoms with Gasteiger partial charge < -0.3 is 19.1 Å². The molecule has 0 aromatic heterocycles. The molecule has 1 aliphatic rings. The molecule has 0 atom stereocenters. The predicted molar refractivity (Wildman–Crippen MR) is 100 cm³/mol. The Hall–Kier alpha value is -3.21. The molecular weight excluding hydrogens is 330 g/mol. The molecule has 0 spiro atoms. The number of hydrogen-bond donors (Lipinski definition) is 0. The summed E-state index contributed by atoms with van der Waals surface area (Å²) in [5.41, 5.74) is 0.893. The average molecular weight is 349 g/mol. The van der Waals surface area contributed by atoms with Crippen LogP contribution in [-0.2, 0) is 4.79 Å². The molecule has 0 bridgehead atoms. The first-order valence-electron chi connectivity index (χ1n) is 8.57. The van der Waals surface area contributed by atoms with Gasteiger partial charge in [0, 0.05) is 18.0 Å². The standard InChI is InChI=1S/C21H19NO4/c1-2-22(18-9-5-7-15-6-3-4-8-17(15)18)21(23)13-24-16-10-11-19-20(12-16)26-14-25-19/h3-12H,2,13-14H2,1H3. The minimum Gasteiger partial charge on any atom is -0.484 e. The van der Waals surface area contributed by atoms with Crippen molar-refractivity contribution >= 4 is 22.4 Å². The molecule has 5 nitrogen and oxygen atoms in total. The summed E-state index contributed by atoms with van der Waals surface area (Å²) in [5, 5.41) is 2.15. The number of ether oxygens (including phenoxy) is 3. The summed E-state index contributed by atoms with van der Waals surface area (Å²) in [6, 6.07) is 19.3. The highest BCUT2D eigenvalue weighted by Crippen LogP contribution is 2.35. The highest BCUT2D eigenvalue weighted by Gasteiger charge is 2.18. The van der Waals surface area contributed by atoms with Gasteiger partial charge >= 0.3 is 0 Å². The van der Waals surface area contributed by atoms with Crippen LogP contribution in [0.3, 0.4) is 0 Å². The van der Waals surface area contributed by atoms with Crippen LogP contribution in [0, 0.1) is 0 Å². The van der Waals surface area contributed by atoms with E-state index in [9.17, 15) is 4.79 Å². The third-order valence-electron chi connectivity index (χ3n) is 4.38. The molecule has 0 saturated carbocycles. The van der Waals surface area contributed by atoms with Crippen molar-refractivity contribution < 1.29 is 19.0 Å². The Morgan fingerprint density at radius 2 is 1.85 bits per heavy atom. The molecule has 1 aliphatic heterocycles. The van der Waals surface area contributed by atoms with E-state index in [1.807, 2.05) is 49.4 Å². The lowest BCUT2D eigenvalue weighted by atomic mass is 10.1. The minimum absolute atomic E-state index is 0.0449. The van der Waals surface area contributed by atoms with Gasteiger partial charge in [-0.25, -0.2) is 0 Å². The first-order valence-corrected chi connectivity index (χ1v) is 8.57. The summed E-state index contributed by atoms with van der Waals surface area (Å²) in [5.74, 6) is 1.81. The molecule has 1 amide bonds. The Balaban J connectivity index is 1.52. The van der Waals surface area contributed by atoms with Crippen LogP contribution in [0.5, 0.6) is 17.2 Å². The Morgan fingerprint density at radius 3 is 2.73 bits per heavy atom. The van der Waals surface area contributed by atoms with Gasteiger partial charge in [0.05, 0.1) is 5.69 Å². The smallest absolute Gasteiger partial charge is 0.264 e. The second kappa shape index (κ2) is 6.96. The number of carbonyl (C=O) groups excluding carboxylic acids is 1. The molecule has 0 N–H and O–H groups in total. The van der Waals surface area contributed by atoms with Crippen LogP contribution in [0.25, 0.3) is 10.8 Å². The van der Waals surface area contributed by atoms with Gasteiger partial charge in [0.1, 0.15) is 5.75 Å². The molecule has 132 valence electrons. The number of likely N-dealkylation sites (N-methyl/N-ethyl adjacent to an activating group) is 1. The molecule has 4 rings (SSSR count). The normalized spacial score (nSPS) is 12.2. The number of anilines is 1. The van der Waals surface area contributed by atoms with Gasteiger partial charge in [0.2, 0.25) is 6.79 Å². The largest absolute Gasteiger partial charge is 0.484 e. The molecule has 1 heterocycles. The van der Waals surface area contributed by atoms with Gasteiger partial charge in [0.25, 0.3) is 5.91 Å². The van der Waals surface area contributed by atoms with Crippen LogP contribution in [-0.4, -0.2) is 25.9 Å². The van der Waals surface area contributed by atoms with E-state index < -0.39 is 0 Å². The third kappa shape index (κ3) is 3.04. The summed E-state index contributed by atoms with van der Waals surface area (Å²) in [6.07, 6.45) is 0. The number of carbonyl (C=O) groups is 1. The third-order valence-corrected chi connectivity index (χ3v) is 4.38. The number of hydrogen-bond acceptors (Lipinski definition) is 4. The lowest BCUT2D eigenvalue weighted by molar-refractivity contribution is -0.120. The van der Waals surface area contributed by atoms with Crippen molar-refractivity contribution in [3.63, 3.8) is 0 Å². The fourth-order valence-corrected chi connectivity index (χ4v) is 3.11. The van der Waals surface area contributed by atoms with E-state index in [1.165, 1.54) is 0 Å². The molecule has 0 radical (unpaired) electrons. The van der Waals surface area contributed by atoms with E-state index >= 15 is 0 Å². The summed E-state index contributed by atoms with van der Waals surface area (Å²) < 4.78 is 16.3. The summed E-state index contributed by atoms with van der Waals surface area (Å²) >= 11 is 0. The molecule has 0 fully saturated rings. The molecule has 0 unspecified atom stereocenters. The number of fused-ring (bicyclic) bond motifs is 2. The van der Waals surface area contributed by atoms with Crippen LogP contribution >= 0.6 is 0 Å². The first-order chi connectivity index (χ1) is 12.8. The maximum absolute atomic E-state index is 12.8. The van der Waals surface area contributed by atoms with Crippen LogP contribution in [0.15, 0.2) is 60.7 Å². The zero-order valence-corrected chi connectivity index (χ0v) is 14.5. The number of nitrogens with zero attached hydrogens (tertiary/aromatic N) is 1. The maximum Gasteiger partial charge on any atom is 0.264 e. The number of benzene rings is 3. The molecule has 3 aromatic rings. The van der Waals surface area contributed by atoms with Crippen LogP contribution in [0.2, 0.25) is 0 Å². The van der Waals surface area contributed by atoms with Gasteiger partial charge in [-0.2, -0.15) is 0 Å². The molecule has 0 saturated heterocycles. The minimum atomic E-state index is -0.0958. The van der Waals surface area contributed by atoms with Crippen molar-refractivity contribution in [1.29, 1.82) is 0 Å². The van der Waals surface area contributed by atoms with E-state index in [0.717, 1.165) is 16.5 Å². The zero-order chi connectivity index (χ0) is 17.9. The molecular formula is C21H19NO4. The highest BCUT2D eigenvalue weighted by atomic mass is 16.7. The van der Waals surface area contributed by atoms with Gasteiger partial charge in [-0.3, -0.25) is 4.79 Å². The van der Waals surface area contributed by atoms with Crippen molar-refractivity contribution in [3.05, 3.63) is 60.7 Å². The molecule has 5 heteroatoms. The van der Waals surface area contributed by atoms with Gasteiger partial charge in [0.15, 0.2) is 18.1 Å². The van der Waals surface area contributed by atoms with Crippen molar-refractivity contribution in [1.82, 2.24) is 0 Å². The monoisotopic (exact) mass is 349 g/mol. The topological polar surface area (TPSA) is 48.0 Å². The Morgan fingerprint density at radius 1 is 1.04 bits per heavy atom.